The van der Waals surface area contributed by atoms with Gasteiger partial charge in [-0.1, -0.05) is 24.3 Å². The van der Waals surface area contributed by atoms with Crippen LogP contribution >= 0.6 is 0 Å². The number of ether oxygens (including phenoxy) is 1. The number of rotatable bonds is 2. The van der Waals surface area contributed by atoms with E-state index in [9.17, 15) is 0 Å². The topological polar surface area (TPSA) is 21.3 Å². The Morgan fingerprint density at radius 2 is 1.81 bits per heavy atom. The highest BCUT2D eigenvalue weighted by atomic mass is 16.5. The maximum atomic E-state index is 5.32. The fraction of sp³-hybridized carbons (Fsp3) is 0.571. The molecule has 2 saturated heterocycles. The van der Waals surface area contributed by atoms with Gasteiger partial charge in [0.1, 0.15) is 0 Å². The molecule has 2 aliphatic heterocycles. The van der Waals surface area contributed by atoms with E-state index < -0.39 is 0 Å². The van der Waals surface area contributed by atoms with Gasteiger partial charge in [-0.3, -0.25) is 0 Å². The highest BCUT2D eigenvalue weighted by Crippen LogP contribution is 2.33. The lowest BCUT2D eigenvalue weighted by Gasteiger charge is -2.32. The molecule has 0 spiro atoms. The Labute approximate surface area is 97.0 Å². The van der Waals surface area contributed by atoms with Crippen molar-refractivity contribution in [2.45, 2.75) is 24.7 Å². The third-order valence-corrected chi connectivity index (χ3v) is 3.81. The standard InChI is InChI=1S/C14H19NO/c1-2-6-14(12-9-16-10-12)13(5-1)11-4-3-7-15-8-11/h1-2,5-6,11-12,15H,3-4,7-10H2. The average Bonchev–Trinajstić information content (AvgIpc) is 2.29. The quantitative estimate of drug-likeness (QED) is 0.820. The monoisotopic (exact) mass is 217 g/mol. The second kappa shape index (κ2) is 4.56. The van der Waals surface area contributed by atoms with Crippen LogP contribution in [0.5, 0.6) is 0 Å². The Kier molecular flexibility index (Phi) is 2.94. The van der Waals surface area contributed by atoms with Crippen molar-refractivity contribution < 1.29 is 4.74 Å². The van der Waals surface area contributed by atoms with Gasteiger partial charge >= 0.3 is 0 Å². The van der Waals surface area contributed by atoms with Crippen LogP contribution in [0.2, 0.25) is 0 Å². The predicted molar refractivity (Wildman–Crippen MR) is 64.8 cm³/mol. The predicted octanol–water partition coefficient (Wildman–Crippen LogP) is 2.27. The zero-order chi connectivity index (χ0) is 10.8. The molecule has 2 aliphatic rings. The lowest BCUT2D eigenvalue weighted by Crippen LogP contribution is -2.31. The lowest BCUT2D eigenvalue weighted by molar-refractivity contribution is 0.00790. The molecule has 2 heteroatoms. The molecular formula is C14H19NO. The van der Waals surface area contributed by atoms with E-state index in [0.29, 0.717) is 11.8 Å². The van der Waals surface area contributed by atoms with E-state index in [1.54, 1.807) is 5.56 Å². The molecule has 1 N–H and O–H groups in total. The Morgan fingerprint density at radius 1 is 1.06 bits per heavy atom. The number of hydrogen-bond donors (Lipinski definition) is 1. The van der Waals surface area contributed by atoms with Crippen LogP contribution in [0.25, 0.3) is 0 Å². The molecule has 0 bridgehead atoms. The van der Waals surface area contributed by atoms with Gasteiger partial charge in [-0.2, -0.15) is 0 Å². The van der Waals surface area contributed by atoms with Gasteiger partial charge < -0.3 is 10.1 Å². The van der Waals surface area contributed by atoms with Crippen molar-refractivity contribution in [3.63, 3.8) is 0 Å². The van der Waals surface area contributed by atoms with Crippen LogP contribution in [-0.2, 0) is 4.74 Å². The summed E-state index contributed by atoms with van der Waals surface area (Å²) in [4.78, 5) is 0. The molecule has 86 valence electrons. The third-order valence-electron chi connectivity index (χ3n) is 3.81. The molecule has 1 unspecified atom stereocenters. The van der Waals surface area contributed by atoms with E-state index in [1.165, 1.54) is 24.9 Å². The molecule has 3 rings (SSSR count). The second-order valence-corrected chi connectivity index (χ2v) is 4.91. The summed E-state index contributed by atoms with van der Waals surface area (Å²) >= 11 is 0. The molecule has 0 aromatic heterocycles. The highest BCUT2D eigenvalue weighted by molar-refractivity contribution is 5.35. The molecule has 0 saturated carbocycles. The molecule has 0 radical (unpaired) electrons. The average molecular weight is 217 g/mol. The van der Waals surface area contributed by atoms with E-state index in [-0.39, 0.29) is 0 Å². The SMILES string of the molecule is c1ccc(C2COC2)c(C2CCCNC2)c1. The van der Waals surface area contributed by atoms with Crippen LogP contribution in [0.1, 0.15) is 35.8 Å². The minimum atomic E-state index is 0.651. The first-order valence-electron chi connectivity index (χ1n) is 6.32. The van der Waals surface area contributed by atoms with E-state index in [4.69, 9.17) is 4.74 Å². The zero-order valence-corrected chi connectivity index (χ0v) is 9.61. The zero-order valence-electron chi connectivity index (χ0n) is 9.61. The van der Waals surface area contributed by atoms with Crippen LogP contribution < -0.4 is 5.32 Å². The van der Waals surface area contributed by atoms with E-state index in [0.717, 1.165) is 19.8 Å². The van der Waals surface area contributed by atoms with Crippen molar-refractivity contribution in [3.8, 4) is 0 Å². The van der Waals surface area contributed by atoms with E-state index in [1.807, 2.05) is 0 Å². The summed E-state index contributed by atoms with van der Waals surface area (Å²) in [7, 11) is 0. The molecule has 0 amide bonds. The van der Waals surface area contributed by atoms with Gasteiger partial charge in [0, 0.05) is 12.5 Å². The van der Waals surface area contributed by atoms with Crippen molar-refractivity contribution >= 4 is 0 Å². The molecule has 2 heterocycles. The Hall–Kier alpha value is -0.860. The van der Waals surface area contributed by atoms with Gasteiger partial charge in [-0.05, 0) is 36.4 Å². The molecule has 0 aliphatic carbocycles. The van der Waals surface area contributed by atoms with Crippen molar-refractivity contribution in [2.24, 2.45) is 0 Å². The summed E-state index contributed by atoms with van der Waals surface area (Å²) in [5.41, 5.74) is 3.09. The van der Waals surface area contributed by atoms with Crippen LogP contribution in [0, 0.1) is 0 Å². The first-order valence-corrected chi connectivity index (χ1v) is 6.32. The van der Waals surface area contributed by atoms with Gasteiger partial charge in [-0.25, -0.2) is 0 Å². The van der Waals surface area contributed by atoms with E-state index >= 15 is 0 Å². The number of piperidine rings is 1. The Balaban J connectivity index is 1.86. The Morgan fingerprint density at radius 3 is 2.38 bits per heavy atom. The molecular weight excluding hydrogens is 198 g/mol. The van der Waals surface area contributed by atoms with Crippen LogP contribution in [0.3, 0.4) is 0 Å². The smallest absolute Gasteiger partial charge is 0.0557 e. The number of nitrogens with one attached hydrogen (secondary N) is 1. The lowest BCUT2D eigenvalue weighted by atomic mass is 9.83. The van der Waals surface area contributed by atoms with Gasteiger partial charge in [0.2, 0.25) is 0 Å². The maximum Gasteiger partial charge on any atom is 0.0557 e. The Bertz CT molecular complexity index is 354. The van der Waals surface area contributed by atoms with Crippen molar-refractivity contribution in [1.82, 2.24) is 5.32 Å². The fourth-order valence-corrected chi connectivity index (χ4v) is 2.79. The van der Waals surface area contributed by atoms with Crippen molar-refractivity contribution in [2.75, 3.05) is 26.3 Å². The number of hydrogen-bond acceptors (Lipinski definition) is 2. The van der Waals surface area contributed by atoms with Crippen molar-refractivity contribution in [3.05, 3.63) is 35.4 Å². The second-order valence-electron chi connectivity index (χ2n) is 4.91. The van der Waals surface area contributed by atoms with Gasteiger partial charge in [0.25, 0.3) is 0 Å². The van der Waals surface area contributed by atoms with E-state index in [2.05, 4.69) is 29.6 Å². The third kappa shape index (κ3) is 1.87. The fourth-order valence-electron chi connectivity index (χ4n) is 2.79. The normalized spacial score (nSPS) is 26.4. The molecule has 1 aromatic rings. The van der Waals surface area contributed by atoms with Gasteiger partial charge in [0.15, 0.2) is 0 Å². The minimum Gasteiger partial charge on any atom is -0.380 e. The largest absolute Gasteiger partial charge is 0.380 e. The number of benzene rings is 1. The van der Waals surface area contributed by atoms with Gasteiger partial charge in [0.05, 0.1) is 13.2 Å². The minimum absolute atomic E-state index is 0.651. The molecule has 2 fully saturated rings. The summed E-state index contributed by atoms with van der Waals surface area (Å²) in [5, 5.41) is 3.50. The highest BCUT2D eigenvalue weighted by Gasteiger charge is 2.26. The summed E-state index contributed by atoms with van der Waals surface area (Å²) in [6.45, 7) is 4.16. The summed E-state index contributed by atoms with van der Waals surface area (Å²) in [5.74, 6) is 1.36. The molecule has 1 aromatic carbocycles. The summed E-state index contributed by atoms with van der Waals surface area (Å²) < 4.78 is 5.32. The van der Waals surface area contributed by atoms with Crippen LogP contribution in [0.15, 0.2) is 24.3 Å². The van der Waals surface area contributed by atoms with Crippen LogP contribution in [-0.4, -0.2) is 26.3 Å². The summed E-state index contributed by atoms with van der Waals surface area (Å²) in [6.07, 6.45) is 2.64. The first-order chi connectivity index (χ1) is 7.95. The molecule has 16 heavy (non-hydrogen) atoms. The van der Waals surface area contributed by atoms with Crippen LogP contribution in [0.4, 0.5) is 0 Å². The summed E-state index contributed by atoms with van der Waals surface area (Å²) in [6, 6.07) is 8.93. The van der Waals surface area contributed by atoms with Crippen molar-refractivity contribution in [1.29, 1.82) is 0 Å². The molecule has 2 nitrogen and oxygen atoms in total. The maximum absolute atomic E-state index is 5.32. The molecule has 1 atom stereocenters. The van der Waals surface area contributed by atoms with Gasteiger partial charge in [-0.15, -0.1) is 0 Å². The first kappa shape index (κ1) is 10.3.